The molecule has 0 spiro atoms. The van der Waals surface area contributed by atoms with Gasteiger partial charge in [0, 0.05) is 45.8 Å². The monoisotopic (exact) mass is 483 g/mol. The Morgan fingerprint density at radius 3 is 2.72 bits per heavy atom. The summed E-state index contributed by atoms with van der Waals surface area (Å²) in [5.41, 5.74) is 2.95. The van der Waals surface area contributed by atoms with Gasteiger partial charge in [0.05, 0.1) is 5.56 Å². The number of nitrogens with zero attached hydrogens (tertiary/aromatic N) is 2. The molecule has 8 heteroatoms. The molecule has 2 aromatic carbocycles. The number of hydrogen-bond donors (Lipinski definition) is 1. The van der Waals surface area contributed by atoms with E-state index in [9.17, 15) is 4.79 Å². The number of para-hydroxylation sites is 1. The van der Waals surface area contributed by atoms with Crippen LogP contribution in [0.5, 0.6) is 5.75 Å². The maximum Gasteiger partial charge on any atom is 0.270 e. The van der Waals surface area contributed by atoms with Crippen LogP contribution in [0, 0.1) is 0 Å². The number of ether oxygens (including phenoxy) is 1. The van der Waals surface area contributed by atoms with Gasteiger partial charge in [-0.05, 0) is 36.4 Å². The van der Waals surface area contributed by atoms with E-state index in [0.29, 0.717) is 46.1 Å². The van der Waals surface area contributed by atoms with Crippen molar-refractivity contribution in [1.29, 1.82) is 0 Å². The minimum absolute atomic E-state index is 0.213. The minimum Gasteiger partial charge on any atom is -0.488 e. The molecule has 0 atom stereocenters. The number of carbonyl (C=O) groups excluding carboxylic acids is 1. The van der Waals surface area contributed by atoms with Crippen LogP contribution in [0.15, 0.2) is 72.2 Å². The molecule has 5 nitrogen and oxygen atoms in total. The Bertz CT molecular complexity index is 1210. The molecular weight excluding hydrogens is 465 g/mol. The number of thiazole rings is 1. The van der Waals surface area contributed by atoms with Crippen molar-refractivity contribution in [3.63, 3.8) is 0 Å². The quantitative estimate of drug-likeness (QED) is 0.330. The van der Waals surface area contributed by atoms with Crippen LogP contribution >= 0.6 is 34.5 Å². The van der Waals surface area contributed by atoms with E-state index in [4.69, 9.17) is 27.9 Å². The smallest absolute Gasteiger partial charge is 0.270 e. The highest BCUT2D eigenvalue weighted by Gasteiger charge is 2.15. The van der Waals surface area contributed by atoms with E-state index in [-0.39, 0.29) is 5.91 Å². The average molecular weight is 484 g/mol. The number of benzene rings is 2. The molecule has 162 valence electrons. The van der Waals surface area contributed by atoms with Crippen molar-refractivity contribution in [1.82, 2.24) is 15.3 Å². The van der Waals surface area contributed by atoms with Gasteiger partial charge in [-0.1, -0.05) is 47.5 Å². The first-order valence-electron chi connectivity index (χ1n) is 9.90. The van der Waals surface area contributed by atoms with Gasteiger partial charge in [0.25, 0.3) is 5.91 Å². The van der Waals surface area contributed by atoms with Crippen molar-refractivity contribution in [2.45, 2.75) is 13.0 Å². The van der Waals surface area contributed by atoms with E-state index in [1.165, 1.54) is 11.3 Å². The molecule has 0 saturated heterocycles. The van der Waals surface area contributed by atoms with E-state index in [0.717, 1.165) is 16.8 Å². The fourth-order valence-corrected chi connectivity index (χ4v) is 4.30. The van der Waals surface area contributed by atoms with Crippen LogP contribution in [0.25, 0.3) is 10.6 Å². The first kappa shape index (κ1) is 22.3. The summed E-state index contributed by atoms with van der Waals surface area (Å²) >= 11 is 13.6. The molecule has 0 aliphatic heterocycles. The first-order chi connectivity index (χ1) is 15.6. The summed E-state index contributed by atoms with van der Waals surface area (Å²) in [6, 6.07) is 18.6. The average Bonchev–Trinajstić information content (AvgIpc) is 3.30. The Hall–Kier alpha value is -2.93. The zero-order chi connectivity index (χ0) is 22.3. The molecular formula is C24H19Cl2N3O2S. The fraction of sp³-hybridized carbons (Fsp3) is 0.125. The van der Waals surface area contributed by atoms with Crippen molar-refractivity contribution in [2.75, 3.05) is 6.54 Å². The van der Waals surface area contributed by atoms with E-state index < -0.39 is 0 Å². The normalized spacial score (nSPS) is 10.7. The van der Waals surface area contributed by atoms with Crippen molar-refractivity contribution >= 4 is 40.4 Å². The standard InChI is InChI=1S/C24H19Cl2N3O2S/c25-17-9-8-16(20(26)13-17)14-31-22-7-2-1-6-19(22)24-29-21(15-32-24)23(30)28-12-10-18-5-3-4-11-27-18/h1-9,11,13,15H,10,12,14H2,(H,28,30). The molecule has 0 fully saturated rings. The second kappa shape index (κ2) is 10.6. The summed E-state index contributed by atoms with van der Waals surface area (Å²) in [5, 5.41) is 6.47. The van der Waals surface area contributed by atoms with Gasteiger partial charge in [-0.15, -0.1) is 11.3 Å². The van der Waals surface area contributed by atoms with Gasteiger partial charge >= 0.3 is 0 Å². The van der Waals surface area contributed by atoms with Gasteiger partial charge in [-0.25, -0.2) is 4.98 Å². The van der Waals surface area contributed by atoms with Gasteiger partial charge in [-0.2, -0.15) is 0 Å². The summed E-state index contributed by atoms with van der Waals surface area (Å²) in [4.78, 5) is 21.3. The molecule has 2 heterocycles. The number of aromatic nitrogens is 2. The summed E-state index contributed by atoms with van der Waals surface area (Å²) in [5.74, 6) is 0.449. The van der Waals surface area contributed by atoms with Gasteiger partial charge in [0.15, 0.2) is 0 Å². The van der Waals surface area contributed by atoms with Crippen LogP contribution in [0.3, 0.4) is 0 Å². The highest BCUT2D eigenvalue weighted by molar-refractivity contribution is 7.13. The largest absolute Gasteiger partial charge is 0.488 e. The van der Waals surface area contributed by atoms with Gasteiger partial charge in [0.2, 0.25) is 0 Å². The Kier molecular flexibility index (Phi) is 7.37. The number of rotatable bonds is 8. The number of halogens is 2. The predicted molar refractivity (Wildman–Crippen MR) is 129 cm³/mol. The molecule has 0 bridgehead atoms. The lowest BCUT2D eigenvalue weighted by Gasteiger charge is -2.11. The van der Waals surface area contributed by atoms with E-state index in [1.54, 1.807) is 23.7 Å². The maximum absolute atomic E-state index is 12.5. The van der Waals surface area contributed by atoms with Crippen molar-refractivity contribution in [2.24, 2.45) is 0 Å². The number of nitrogens with one attached hydrogen (secondary N) is 1. The lowest BCUT2D eigenvalue weighted by molar-refractivity contribution is 0.0950. The van der Waals surface area contributed by atoms with Crippen LogP contribution < -0.4 is 10.1 Å². The SMILES string of the molecule is O=C(NCCc1ccccn1)c1csc(-c2ccccc2OCc2ccc(Cl)cc2Cl)n1. The molecule has 1 N–H and O–H groups in total. The molecule has 0 radical (unpaired) electrons. The van der Waals surface area contributed by atoms with Crippen LogP contribution in [0.1, 0.15) is 21.7 Å². The Morgan fingerprint density at radius 1 is 1.06 bits per heavy atom. The third-order valence-electron chi connectivity index (χ3n) is 4.65. The number of pyridine rings is 1. The highest BCUT2D eigenvalue weighted by atomic mass is 35.5. The van der Waals surface area contributed by atoms with Crippen molar-refractivity contribution in [3.8, 4) is 16.3 Å². The molecule has 4 aromatic rings. The minimum atomic E-state index is -0.213. The third kappa shape index (κ3) is 5.65. The Labute approximate surface area is 200 Å². The molecule has 4 rings (SSSR count). The van der Waals surface area contributed by atoms with E-state index in [2.05, 4.69) is 15.3 Å². The lowest BCUT2D eigenvalue weighted by atomic mass is 10.2. The Balaban J connectivity index is 1.41. The molecule has 32 heavy (non-hydrogen) atoms. The lowest BCUT2D eigenvalue weighted by Crippen LogP contribution is -2.26. The van der Waals surface area contributed by atoms with Crippen LogP contribution in [0.4, 0.5) is 0 Å². The second-order valence-corrected chi connectivity index (χ2v) is 8.59. The molecule has 0 unspecified atom stereocenters. The summed E-state index contributed by atoms with van der Waals surface area (Å²) in [6.07, 6.45) is 2.40. The van der Waals surface area contributed by atoms with Gasteiger partial charge in [-0.3, -0.25) is 9.78 Å². The van der Waals surface area contributed by atoms with Crippen molar-refractivity contribution in [3.05, 3.63) is 99.2 Å². The highest BCUT2D eigenvalue weighted by Crippen LogP contribution is 2.33. The van der Waals surface area contributed by atoms with E-state index >= 15 is 0 Å². The predicted octanol–water partition coefficient (Wildman–Crippen LogP) is 6.06. The maximum atomic E-state index is 12.5. The van der Waals surface area contributed by atoms with Crippen LogP contribution in [0.2, 0.25) is 10.0 Å². The third-order valence-corrected chi connectivity index (χ3v) is 6.11. The number of amides is 1. The summed E-state index contributed by atoms with van der Waals surface area (Å²) in [7, 11) is 0. The molecule has 1 amide bonds. The Morgan fingerprint density at radius 2 is 1.91 bits per heavy atom. The zero-order valence-electron chi connectivity index (χ0n) is 16.9. The molecule has 2 aromatic heterocycles. The van der Waals surface area contributed by atoms with E-state index in [1.807, 2.05) is 48.5 Å². The van der Waals surface area contributed by atoms with Crippen LogP contribution in [-0.2, 0) is 13.0 Å². The topological polar surface area (TPSA) is 64.1 Å². The second-order valence-electron chi connectivity index (χ2n) is 6.89. The summed E-state index contributed by atoms with van der Waals surface area (Å²) < 4.78 is 6.01. The fourth-order valence-electron chi connectivity index (χ4n) is 3.01. The molecule has 0 aliphatic rings. The van der Waals surface area contributed by atoms with Gasteiger partial charge < -0.3 is 10.1 Å². The van der Waals surface area contributed by atoms with Crippen molar-refractivity contribution < 1.29 is 9.53 Å². The molecule has 0 saturated carbocycles. The first-order valence-corrected chi connectivity index (χ1v) is 11.5. The zero-order valence-corrected chi connectivity index (χ0v) is 19.3. The molecule has 0 aliphatic carbocycles. The van der Waals surface area contributed by atoms with Crippen LogP contribution in [-0.4, -0.2) is 22.4 Å². The number of hydrogen-bond acceptors (Lipinski definition) is 5. The van der Waals surface area contributed by atoms with Gasteiger partial charge in [0.1, 0.15) is 23.1 Å². The number of carbonyl (C=O) groups is 1. The summed E-state index contributed by atoms with van der Waals surface area (Å²) in [6.45, 7) is 0.781.